The maximum Gasteiger partial charge on any atom is 0.146 e. The molecule has 0 fully saturated rings. The predicted octanol–water partition coefficient (Wildman–Crippen LogP) is 5.41. The molecule has 0 atom stereocenters. The van der Waals surface area contributed by atoms with Crippen LogP contribution in [-0.2, 0) is 19.4 Å². The Bertz CT molecular complexity index is 1050. The molecule has 0 saturated carbocycles. The quantitative estimate of drug-likeness (QED) is 0.551. The zero-order valence-corrected chi connectivity index (χ0v) is 17.0. The van der Waals surface area contributed by atoms with E-state index in [0.717, 1.165) is 59.1 Å². The highest BCUT2D eigenvalue weighted by Crippen LogP contribution is 2.36. The van der Waals surface area contributed by atoms with Gasteiger partial charge in [-0.25, -0.2) is 4.98 Å². The van der Waals surface area contributed by atoms with E-state index in [1.54, 1.807) is 0 Å². The SMILES string of the molecule is N#Cc1c(N)nc2c(c1-c1ccc(COc3cccc(Br)c3)o1)CCCCC2. The normalized spacial score (nSPS) is 13.4. The minimum Gasteiger partial charge on any atom is -0.486 e. The van der Waals surface area contributed by atoms with Crippen LogP contribution >= 0.6 is 15.9 Å². The third-order valence-corrected chi connectivity index (χ3v) is 5.44. The van der Waals surface area contributed by atoms with Gasteiger partial charge in [0.15, 0.2) is 0 Å². The fourth-order valence-electron chi connectivity index (χ4n) is 3.63. The number of fused-ring (bicyclic) bond motifs is 1. The number of pyridine rings is 1. The molecular weight excluding hydrogens is 418 g/mol. The number of nitrogen functional groups attached to an aromatic ring is 1. The lowest BCUT2D eigenvalue weighted by atomic mass is 9.95. The molecule has 28 heavy (non-hydrogen) atoms. The molecule has 0 bridgehead atoms. The fourth-order valence-corrected chi connectivity index (χ4v) is 4.00. The molecule has 2 N–H and O–H groups in total. The lowest BCUT2D eigenvalue weighted by Crippen LogP contribution is -2.06. The van der Waals surface area contributed by atoms with Crippen LogP contribution < -0.4 is 10.5 Å². The number of benzene rings is 1. The van der Waals surface area contributed by atoms with Gasteiger partial charge in [-0.2, -0.15) is 5.26 Å². The molecule has 0 radical (unpaired) electrons. The lowest BCUT2D eigenvalue weighted by Gasteiger charge is -2.14. The van der Waals surface area contributed by atoms with E-state index in [1.165, 1.54) is 0 Å². The van der Waals surface area contributed by atoms with Gasteiger partial charge in [-0.1, -0.05) is 28.4 Å². The second kappa shape index (κ2) is 8.07. The number of nitrogens with two attached hydrogens (primary N) is 1. The van der Waals surface area contributed by atoms with Crippen molar-refractivity contribution in [3.63, 3.8) is 0 Å². The summed E-state index contributed by atoms with van der Waals surface area (Å²) in [6.07, 6.45) is 5.10. The first-order chi connectivity index (χ1) is 13.7. The largest absolute Gasteiger partial charge is 0.486 e. The average Bonchev–Trinajstić information content (AvgIpc) is 3.03. The van der Waals surface area contributed by atoms with Gasteiger partial charge in [0, 0.05) is 15.7 Å². The number of aromatic nitrogens is 1. The van der Waals surface area contributed by atoms with Crippen molar-refractivity contribution in [1.29, 1.82) is 5.26 Å². The van der Waals surface area contributed by atoms with Crippen LogP contribution in [0.4, 0.5) is 5.82 Å². The zero-order chi connectivity index (χ0) is 19.5. The van der Waals surface area contributed by atoms with Crippen LogP contribution in [0.25, 0.3) is 11.3 Å². The third-order valence-electron chi connectivity index (χ3n) is 4.95. The van der Waals surface area contributed by atoms with Gasteiger partial charge in [0.25, 0.3) is 0 Å². The van der Waals surface area contributed by atoms with Gasteiger partial charge in [0.05, 0.1) is 0 Å². The summed E-state index contributed by atoms with van der Waals surface area (Å²) in [5.41, 5.74) is 9.37. The Hall–Kier alpha value is -2.78. The van der Waals surface area contributed by atoms with E-state index in [0.29, 0.717) is 23.7 Å². The standard InChI is InChI=1S/C22H20BrN3O2/c23-14-5-4-6-15(11-14)27-13-16-9-10-20(28-16)21-17-7-2-1-3-8-19(17)26-22(25)18(21)12-24/h4-6,9-11H,1-3,7-8,13H2,(H2,25,26). The smallest absolute Gasteiger partial charge is 0.146 e. The van der Waals surface area contributed by atoms with E-state index in [1.807, 2.05) is 36.4 Å². The van der Waals surface area contributed by atoms with Crippen LogP contribution in [0.5, 0.6) is 5.75 Å². The van der Waals surface area contributed by atoms with Crippen molar-refractivity contribution < 1.29 is 9.15 Å². The second-order valence-electron chi connectivity index (χ2n) is 6.86. The van der Waals surface area contributed by atoms with Crippen LogP contribution in [0.1, 0.15) is 41.8 Å². The predicted molar refractivity (Wildman–Crippen MR) is 111 cm³/mol. The van der Waals surface area contributed by atoms with Gasteiger partial charge in [-0.15, -0.1) is 0 Å². The summed E-state index contributed by atoms with van der Waals surface area (Å²) in [6, 6.07) is 13.7. The number of anilines is 1. The maximum atomic E-state index is 9.68. The molecule has 0 aliphatic heterocycles. The molecule has 0 spiro atoms. The molecule has 6 heteroatoms. The Labute approximate surface area is 172 Å². The Morgan fingerprint density at radius 1 is 1.18 bits per heavy atom. The summed E-state index contributed by atoms with van der Waals surface area (Å²) in [7, 11) is 0. The lowest BCUT2D eigenvalue weighted by molar-refractivity contribution is 0.272. The number of nitriles is 1. The number of nitrogens with zero attached hydrogens (tertiary/aromatic N) is 2. The monoisotopic (exact) mass is 437 g/mol. The molecule has 5 nitrogen and oxygen atoms in total. The summed E-state index contributed by atoms with van der Waals surface area (Å²) >= 11 is 3.44. The first-order valence-corrected chi connectivity index (χ1v) is 10.1. The Kier molecular flexibility index (Phi) is 5.36. The number of hydrogen-bond donors (Lipinski definition) is 1. The number of rotatable bonds is 4. The second-order valence-corrected chi connectivity index (χ2v) is 7.77. The van der Waals surface area contributed by atoms with E-state index in [2.05, 4.69) is 27.0 Å². The van der Waals surface area contributed by atoms with Crippen LogP contribution in [0, 0.1) is 11.3 Å². The highest BCUT2D eigenvalue weighted by atomic mass is 79.9. The highest BCUT2D eigenvalue weighted by molar-refractivity contribution is 9.10. The van der Waals surface area contributed by atoms with Crippen LogP contribution in [-0.4, -0.2) is 4.98 Å². The summed E-state index contributed by atoms with van der Waals surface area (Å²) < 4.78 is 12.8. The molecule has 0 amide bonds. The molecule has 2 heterocycles. The molecular formula is C22H20BrN3O2. The van der Waals surface area contributed by atoms with Crippen molar-refractivity contribution in [1.82, 2.24) is 4.98 Å². The molecule has 2 aromatic heterocycles. The molecule has 0 saturated heterocycles. The maximum absolute atomic E-state index is 9.68. The Balaban J connectivity index is 1.66. The summed E-state index contributed by atoms with van der Waals surface area (Å²) in [5.74, 6) is 2.38. The highest BCUT2D eigenvalue weighted by Gasteiger charge is 2.23. The van der Waals surface area contributed by atoms with Crippen LogP contribution in [0.3, 0.4) is 0 Å². The van der Waals surface area contributed by atoms with Gasteiger partial charge in [-0.05, 0) is 61.6 Å². The van der Waals surface area contributed by atoms with Gasteiger partial charge in [0.2, 0.25) is 0 Å². The minimum atomic E-state index is 0.279. The number of hydrogen-bond acceptors (Lipinski definition) is 5. The zero-order valence-electron chi connectivity index (χ0n) is 15.4. The molecule has 142 valence electrons. The molecule has 4 rings (SSSR count). The molecule has 1 aromatic carbocycles. The third kappa shape index (κ3) is 3.76. The topological polar surface area (TPSA) is 85.1 Å². The molecule has 1 aliphatic rings. The molecule has 0 unspecified atom stereocenters. The van der Waals surface area contributed by atoms with Crippen LogP contribution in [0.15, 0.2) is 45.3 Å². The molecule has 1 aliphatic carbocycles. The van der Waals surface area contributed by atoms with E-state index < -0.39 is 0 Å². The number of furan rings is 1. The van der Waals surface area contributed by atoms with Crippen molar-refractivity contribution in [3.8, 4) is 23.1 Å². The average molecular weight is 438 g/mol. The number of halogens is 1. The Morgan fingerprint density at radius 2 is 2.04 bits per heavy atom. The summed E-state index contributed by atoms with van der Waals surface area (Å²) in [6.45, 7) is 0.307. The molecule has 3 aromatic rings. The summed E-state index contributed by atoms with van der Waals surface area (Å²) in [4.78, 5) is 4.51. The number of ether oxygens (including phenoxy) is 1. The van der Waals surface area contributed by atoms with E-state index in [9.17, 15) is 5.26 Å². The van der Waals surface area contributed by atoms with E-state index >= 15 is 0 Å². The van der Waals surface area contributed by atoms with E-state index in [4.69, 9.17) is 14.9 Å². The summed E-state index contributed by atoms with van der Waals surface area (Å²) in [5, 5.41) is 9.68. The van der Waals surface area contributed by atoms with Gasteiger partial charge in [-0.3, -0.25) is 0 Å². The number of aryl methyl sites for hydroxylation is 1. The van der Waals surface area contributed by atoms with Crippen molar-refractivity contribution in [3.05, 3.63) is 63.5 Å². The van der Waals surface area contributed by atoms with Gasteiger partial charge < -0.3 is 14.9 Å². The first-order valence-electron chi connectivity index (χ1n) is 9.34. The Morgan fingerprint density at radius 3 is 2.86 bits per heavy atom. The first kappa shape index (κ1) is 18.6. The minimum absolute atomic E-state index is 0.279. The van der Waals surface area contributed by atoms with Crippen LogP contribution in [0.2, 0.25) is 0 Å². The van der Waals surface area contributed by atoms with Gasteiger partial charge in [0.1, 0.15) is 41.3 Å². The van der Waals surface area contributed by atoms with Crippen molar-refractivity contribution >= 4 is 21.7 Å². The van der Waals surface area contributed by atoms with E-state index in [-0.39, 0.29) is 5.82 Å². The van der Waals surface area contributed by atoms with Crippen molar-refractivity contribution in [2.45, 2.75) is 38.7 Å². The van der Waals surface area contributed by atoms with Crippen molar-refractivity contribution in [2.75, 3.05) is 5.73 Å². The van der Waals surface area contributed by atoms with Crippen molar-refractivity contribution in [2.24, 2.45) is 0 Å². The van der Waals surface area contributed by atoms with Gasteiger partial charge >= 0.3 is 0 Å². The fraction of sp³-hybridized carbons (Fsp3) is 0.273.